The first-order valence-corrected chi connectivity index (χ1v) is 11.7. The quantitative estimate of drug-likeness (QED) is 0.494. The number of aliphatic imine (C=N–C) groups is 1. The van der Waals surface area contributed by atoms with Gasteiger partial charge in [-0.1, -0.05) is 42.1 Å². The minimum Gasteiger partial charge on any atom is -0.497 e. The zero-order valence-corrected chi connectivity index (χ0v) is 19.4. The van der Waals surface area contributed by atoms with Crippen molar-refractivity contribution in [3.63, 3.8) is 0 Å². The number of carbonyl (C=O) groups excluding carboxylic acids is 2. The van der Waals surface area contributed by atoms with Crippen molar-refractivity contribution in [2.24, 2.45) is 4.99 Å². The number of amidine groups is 1. The van der Waals surface area contributed by atoms with Crippen molar-refractivity contribution in [2.45, 2.75) is 18.1 Å². The lowest BCUT2D eigenvalue weighted by molar-refractivity contribution is -0.128. The van der Waals surface area contributed by atoms with Crippen LogP contribution in [-0.4, -0.2) is 40.8 Å². The second-order valence-electron chi connectivity index (χ2n) is 7.68. The van der Waals surface area contributed by atoms with Crippen LogP contribution in [0.5, 0.6) is 5.75 Å². The summed E-state index contributed by atoms with van der Waals surface area (Å²) in [6.45, 7) is 0.437. The maximum atomic E-state index is 13.3. The molecule has 0 radical (unpaired) electrons. The van der Waals surface area contributed by atoms with E-state index < -0.39 is 5.25 Å². The lowest BCUT2D eigenvalue weighted by Gasteiger charge is -2.16. The van der Waals surface area contributed by atoms with Gasteiger partial charge >= 0.3 is 0 Å². The first-order valence-electron chi connectivity index (χ1n) is 10.8. The fourth-order valence-electron chi connectivity index (χ4n) is 3.50. The average molecular weight is 478 g/mol. The highest BCUT2D eigenvalue weighted by Gasteiger charge is 2.39. The molecular weight excluding hydrogens is 453 g/mol. The Morgan fingerprint density at radius 3 is 2.44 bits per heavy atom. The second-order valence-corrected chi connectivity index (χ2v) is 8.85. The third-order valence-electron chi connectivity index (χ3n) is 5.28. The van der Waals surface area contributed by atoms with Gasteiger partial charge in [0.2, 0.25) is 11.8 Å². The predicted octanol–water partition coefficient (Wildman–Crippen LogP) is 5.04. The Bertz CT molecular complexity index is 1170. The van der Waals surface area contributed by atoms with Crippen molar-refractivity contribution in [1.29, 1.82) is 0 Å². The third kappa shape index (κ3) is 6.02. The molecule has 4 rings (SSSR count). The summed E-state index contributed by atoms with van der Waals surface area (Å²) in [6.07, 6.45) is 0.667. The molecule has 1 saturated heterocycles. The highest BCUT2D eigenvalue weighted by Crippen LogP contribution is 2.32. The van der Waals surface area contributed by atoms with Gasteiger partial charge in [0.1, 0.15) is 16.8 Å². The molecule has 0 bridgehead atoms. The molecule has 1 atom stereocenters. The zero-order valence-electron chi connectivity index (χ0n) is 18.6. The van der Waals surface area contributed by atoms with Crippen LogP contribution in [0.1, 0.15) is 12.0 Å². The molecule has 2 amide bonds. The van der Waals surface area contributed by atoms with Gasteiger partial charge in [-0.05, 0) is 60.5 Å². The number of halogens is 1. The lowest BCUT2D eigenvalue weighted by Crippen LogP contribution is -2.35. The number of anilines is 1. The van der Waals surface area contributed by atoms with Gasteiger partial charge in [-0.15, -0.1) is 0 Å². The maximum absolute atomic E-state index is 13.3. The van der Waals surface area contributed by atoms with E-state index in [0.29, 0.717) is 35.3 Å². The monoisotopic (exact) mass is 477 g/mol. The minimum absolute atomic E-state index is 0.0137. The van der Waals surface area contributed by atoms with Crippen LogP contribution in [-0.2, 0) is 16.0 Å². The molecule has 1 fully saturated rings. The molecule has 6 nitrogen and oxygen atoms in total. The third-order valence-corrected chi connectivity index (χ3v) is 6.46. The van der Waals surface area contributed by atoms with E-state index in [1.54, 1.807) is 48.4 Å². The highest BCUT2D eigenvalue weighted by molar-refractivity contribution is 8.15. The predicted molar refractivity (Wildman–Crippen MR) is 133 cm³/mol. The summed E-state index contributed by atoms with van der Waals surface area (Å²) in [5.41, 5.74) is 2.27. The van der Waals surface area contributed by atoms with E-state index >= 15 is 0 Å². The first kappa shape index (κ1) is 23.5. The molecule has 34 heavy (non-hydrogen) atoms. The average Bonchev–Trinajstić information content (AvgIpc) is 3.13. The molecular formula is C26H24FN3O3S. The fourth-order valence-corrected chi connectivity index (χ4v) is 4.68. The molecule has 1 aliphatic heterocycles. The first-order chi connectivity index (χ1) is 16.5. The van der Waals surface area contributed by atoms with Gasteiger partial charge in [0.25, 0.3) is 0 Å². The van der Waals surface area contributed by atoms with E-state index in [2.05, 4.69) is 10.3 Å². The van der Waals surface area contributed by atoms with Crippen molar-refractivity contribution in [3.05, 3.63) is 90.2 Å². The van der Waals surface area contributed by atoms with E-state index in [9.17, 15) is 14.0 Å². The van der Waals surface area contributed by atoms with E-state index in [4.69, 9.17) is 4.74 Å². The van der Waals surface area contributed by atoms with Crippen LogP contribution in [0, 0.1) is 5.82 Å². The van der Waals surface area contributed by atoms with Crippen LogP contribution in [0.4, 0.5) is 15.8 Å². The molecule has 1 N–H and O–H groups in total. The fraction of sp³-hybridized carbons (Fsp3) is 0.192. The maximum Gasteiger partial charge on any atom is 0.242 e. The number of methoxy groups -OCH3 is 1. The smallest absolute Gasteiger partial charge is 0.242 e. The Kier molecular flexibility index (Phi) is 7.59. The van der Waals surface area contributed by atoms with E-state index in [0.717, 1.165) is 5.56 Å². The Morgan fingerprint density at radius 2 is 1.76 bits per heavy atom. The van der Waals surface area contributed by atoms with Crippen LogP contribution in [0.25, 0.3) is 0 Å². The Hall–Kier alpha value is -3.65. The molecule has 0 unspecified atom stereocenters. The number of hydrogen-bond donors (Lipinski definition) is 1. The van der Waals surface area contributed by atoms with Crippen LogP contribution in [0.15, 0.2) is 83.9 Å². The van der Waals surface area contributed by atoms with Crippen molar-refractivity contribution in [1.82, 2.24) is 4.90 Å². The van der Waals surface area contributed by atoms with Gasteiger partial charge in [-0.2, -0.15) is 0 Å². The molecule has 0 spiro atoms. The summed E-state index contributed by atoms with van der Waals surface area (Å²) >= 11 is 1.26. The van der Waals surface area contributed by atoms with Crippen LogP contribution in [0.3, 0.4) is 0 Å². The van der Waals surface area contributed by atoms with Gasteiger partial charge in [-0.25, -0.2) is 9.38 Å². The number of benzene rings is 3. The van der Waals surface area contributed by atoms with Gasteiger partial charge in [0.15, 0.2) is 5.17 Å². The summed E-state index contributed by atoms with van der Waals surface area (Å²) in [5, 5.41) is 2.74. The molecule has 3 aromatic rings. The standard InChI is InChI=1S/C26H24FN3O3S/c1-33-22-13-11-20(12-14-22)28-24(31)17-23-25(32)30(16-15-18-5-3-2-4-6-18)26(34-23)29-21-9-7-19(27)8-10-21/h2-14,23H,15-17H2,1H3,(H,28,31)/t23-/m0/s1. The Labute approximate surface area is 201 Å². The van der Waals surface area contributed by atoms with Crippen molar-refractivity contribution in [2.75, 3.05) is 19.0 Å². The van der Waals surface area contributed by atoms with Crippen LogP contribution in [0.2, 0.25) is 0 Å². The normalized spacial score (nSPS) is 16.6. The Morgan fingerprint density at radius 1 is 1.06 bits per heavy atom. The summed E-state index contributed by atoms with van der Waals surface area (Å²) in [5.74, 6) is -0.0860. The van der Waals surface area contributed by atoms with E-state index in [-0.39, 0.29) is 24.1 Å². The number of amides is 2. The lowest BCUT2D eigenvalue weighted by atomic mass is 10.1. The van der Waals surface area contributed by atoms with E-state index in [1.807, 2.05) is 30.3 Å². The molecule has 0 aromatic heterocycles. The highest BCUT2D eigenvalue weighted by atomic mass is 32.2. The number of carbonyl (C=O) groups is 2. The number of rotatable bonds is 8. The summed E-state index contributed by atoms with van der Waals surface area (Å²) in [4.78, 5) is 32.1. The second kappa shape index (κ2) is 11.0. The van der Waals surface area contributed by atoms with Crippen molar-refractivity contribution in [3.8, 4) is 5.75 Å². The van der Waals surface area contributed by atoms with Gasteiger partial charge < -0.3 is 10.1 Å². The number of nitrogens with one attached hydrogen (secondary N) is 1. The van der Waals surface area contributed by atoms with Crippen molar-refractivity contribution < 1.29 is 18.7 Å². The number of hydrogen-bond acceptors (Lipinski definition) is 5. The number of nitrogens with zero attached hydrogens (tertiary/aromatic N) is 2. The summed E-state index contributed by atoms with van der Waals surface area (Å²) in [7, 11) is 1.57. The minimum atomic E-state index is -0.590. The van der Waals surface area contributed by atoms with Crippen LogP contribution < -0.4 is 10.1 Å². The van der Waals surface area contributed by atoms with Gasteiger partial charge in [0, 0.05) is 18.7 Å². The largest absolute Gasteiger partial charge is 0.497 e. The molecule has 1 aliphatic rings. The Balaban J connectivity index is 1.48. The zero-order chi connectivity index (χ0) is 23.9. The topological polar surface area (TPSA) is 71.0 Å². The van der Waals surface area contributed by atoms with Gasteiger partial charge in [0.05, 0.1) is 12.8 Å². The summed E-state index contributed by atoms with van der Waals surface area (Å²) < 4.78 is 18.4. The number of ether oxygens (including phenoxy) is 1. The molecule has 0 saturated carbocycles. The van der Waals surface area contributed by atoms with Gasteiger partial charge in [-0.3, -0.25) is 14.5 Å². The van der Waals surface area contributed by atoms with Crippen LogP contribution >= 0.6 is 11.8 Å². The van der Waals surface area contributed by atoms with E-state index in [1.165, 1.54) is 23.9 Å². The molecule has 1 heterocycles. The SMILES string of the molecule is COc1ccc(NC(=O)C[C@@H]2SC(=Nc3ccc(F)cc3)N(CCc3ccccc3)C2=O)cc1. The molecule has 3 aromatic carbocycles. The number of thioether (sulfide) groups is 1. The molecule has 0 aliphatic carbocycles. The molecule has 174 valence electrons. The molecule has 8 heteroatoms. The van der Waals surface area contributed by atoms with Crippen molar-refractivity contribution >= 4 is 40.1 Å². The summed E-state index contributed by atoms with van der Waals surface area (Å²) in [6, 6.07) is 22.6.